The molecule has 1 aromatic carbocycles. The summed E-state index contributed by atoms with van der Waals surface area (Å²) in [4.78, 5) is 16.4. The van der Waals surface area contributed by atoms with E-state index in [1.165, 1.54) is 14.2 Å². The van der Waals surface area contributed by atoms with Crippen LogP contribution in [0.25, 0.3) is 0 Å². The Hall–Kier alpha value is -2.61. The summed E-state index contributed by atoms with van der Waals surface area (Å²) in [5.41, 5.74) is -0.173. The van der Waals surface area contributed by atoms with E-state index in [1.807, 2.05) is 0 Å². The predicted octanol–water partition coefficient (Wildman–Crippen LogP) is 0.448. The normalized spacial score (nSPS) is 14.6. The molecule has 0 radical (unpaired) electrons. The smallest absolute Gasteiger partial charge is 0.311 e. The summed E-state index contributed by atoms with van der Waals surface area (Å²) in [7, 11) is -1.10. The van der Waals surface area contributed by atoms with Crippen molar-refractivity contribution in [3.63, 3.8) is 0 Å². The first-order chi connectivity index (χ1) is 14.9. The van der Waals surface area contributed by atoms with Crippen molar-refractivity contribution in [2.75, 3.05) is 31.3 Å². The Balaban J connectivity index is 2.25. The van der Waals surface area contributed by atoms with Crippen LogP contribution in [0.1, 0.15) is 22.5 Å². The molecule has 3 unspecified atom stereocenters. The highest BCUT2D eigenvalue weighted by Crippen LogP contribution is 2.17. The summed E-state index contributed by atoms with van der Waals surface area (Å²) in [6.07, 6.45) is -1.19. The Morgan fingerprint density at radius 3 is 2.47 bits per heavy atom. The molecule has 1 heterocycles. The van der Waals surface area contributed by atoms with Crippen molar-refractivity contribution in [3.8, 4) is 0 Å². The average Bonchev–Trinajstić information content (AvgIpc) is 3.19. The third-order valence-corrected chi connectivity index (χ3v) is 5.76. The van der Waals surface area contributed by atoms with Gasteiger partial charge in [-0.15, -0.1) is 0 Å². The van der Waals surface area contributed by atoms with Crippen LogP contribution in [-0.4, -0.2) is 74.8 Å². The molecule has 3 atom stereocenters. The molecule has 0 saturated heterocycles. The van der Waals surface area contributed by atoms with Gasteiger partial charge >= 0.3 is 6.01 Å². The first-order valence-corrected chi connectivity index (χ1v) is 11.3. The first-order valence-electron chi connectivity index (χ1n) is 9.42. The predicted molar refractivity (Wildman–Crippen MR) is 110 cm³/mol. The van der Waals surface area contributed by atoms with Crippen LogP contribution in [-0.2, 0) is 21.2 Å². The second-order valence-corrected chi connectivity index (χ2v) is 9.16. The van der Waals surface area contributed by atoms with Crippen molar-refractivity contribution in [3.05, 3.63) is 47.4 Å². The number of hydrogen-bond acceptors (Lipinski definition) is 8. The van der Waals surface area contributed by atoms with Gasteiger partial charge in [-0.1, -0.05) is 0 Å². The highest BCUT2D eigenvalue weighted by Gasteiger charge is 2.30. The fourth-order valence-corrected chi connectivity index (χ4v) is 3.18. The number of rotatable bonds is 11. The fourth-order valence-electron chi connectivity index (χ4n) is 2.81. The minimum atomic E-state index is -3.68. The largest absolute Gasteiger partial charge is 0.430 e. The number of amides is 1. The second-order valence-electron chi connectivity index (χ2n) is 7.15. The Morgan fingerprint density at radius 1 is 1.28 bits per heavy atom. The van der Waals surface area contributed by atoms with E-state index in [-0.39, 0.29) is 36.7 Å². The number of hydrogen-bond donors (Lipinski definition) is 3. The lowest BCUT2D eigenvalue weighted by atomic mass is 9.96. The lowest BCUT2D eigenvalue weighted by molar-refractivity contribution is -0.0177. The highest BCUT2D eigenvalue weighted by atomic mass is 32.2. The van der Waals surface area contributed by atoms with E-state index in [2.05, 4.69) is 10.3 Å². The van der Waals surface area contributed by atoms with Crippen molar-refractivity contribution in [1.82, 2.24) is 10.3 Å². The van der Waals surface area contributed by atoms with E-state index < -0.39 is 45.8 Å². The summed E-state index contributed by atoms with van der Waals surface area (Å²) in [5, 5.41) is 23.2. The lowest BCUT2D eigenvalue weighted by Crippen LogP contribution is -2.50. The Labute approximate surface area is 183 Å². The van der Waals surface area contributed by atoms with Crippen LogP contribution >= 0.6 is 0 Å². The summed E-state index contributed by atoms with van der Waals surface area (Å²) in [6.45, 7) is 0.123. The Bertz CT molecular complexity index is 1010. The zero-order valence-corrected chi connectivity index (χ0v) is 18.5. The first kappa shape index (κ1) is 25.6. The van der Waals surface area contributed by atoms with Crippen LogP contribution in [0.4, 0.5) is 14.8 Å². The molecular weight excluding hydrogens is 452 g/mol. The summed E-state index contributed by atoms with van der Waals surface area (Å²) >= 11 is 0. The molecule has 2 aromatic rings. The summed E-state index contributed by atoms with van der Waals surface area (Å²) < 4.78 is 60.9. The van der Waals surface area contributed by atoms with Gasteiger partial charge in [0.1, 0.15) is 24.0 Å². The molecule has 0 fully saturated rings. The number of aliphatic hydroxyl groups is 2. The number of oxazole rings is 1. The number of aliphatic hydroxyl groups excluding tert-OH is 2. The zero-order valence-electron chi connectivity index (χ0n) is 17.7. The highest BCUT2D eigenvalue weighted by molar-refractivity contribution is 7.92. The number of anilines is 1. The quantitative estimate of drug-likeness (QED) is 0.423. The van der Waals surface area contributed by atoms with Gasteiger partial charge in [0.05, 0.1) is 18.4 Å². The second kappa shape index (κ2) is 10.8. The minimum absolute atomic E-state index is 0.0365. The van der Waals surface area contributed by atoms with Gasteiger partial charge in [0, 0.05) is 26.8 Å². The molecule has 1 aromatic heterocycles. The van der Waals surface area contributed by atoms with Crippen LogP contribution in [0.15, 0.2) is 28.9 Å². The SMILES string of the molecule is COCCC(O)C(O)C(Cc1cc(F)cc(F)c1)NC(=O)c1coc(N(C)S(C)(=O)=O)n1. The minimum Gasteiger partial charge on any atom is -0.430 e. The van der Waals surface area contributed by atoms with Crippen molar-refractivity contribution in [1.29, 1.82) is 0 Å². The summed E-state index contributed by atoms with van der Waals surface area (Å²) in [5.74, 6) is -2.55. The van der Waals surface area contributed by atoms with Crippen LogP contribution in [0.3, 0.4) is 0 Å². The molecule has 0 saturated carbocycles. The molecule has 178 valence electrons. The monoisotopic (exact) mass is 477 g/mol. The number of nitrogens with zero attached hydrogens (tertiary/aromatic N) is 2. The van der Waals surface area contributed by atoms with Crippen LogP contribution in [0, 0.1) is 11.6 Å². The molecule has 0 aliphatic heterocycles. The maximum atomic E-state index is 13.6. The number of ether oxygens (including phenoxy) is 1. The van der Waals surface area contributed by atoms with E-state index in [0.717, 1.165) is 29.0 Å². The van der Waals surface area contributed by atoms with E-state index in [9.17, 15) is 32.2 Å². The molecule has 0 aliphatic carbocycles. The standard InChI is InChI=1S/C19H25F2N3O7S/c1-24(32(3,28)29)19-23-15(10-31-19)18(27)22-14(17(26)16(25)4-5-30-2)8-11-6-12(20)9-13(21)7-11/h6-7,9-10,14,16-17,25-26H,4-5,8H2,1-3H3,(H,22,27). The van der Waals surface area contributed by atoms with Crippen LogP contribution in [0.5, 0.6) is 0 Å². The van der Waals surface area contributed by atoms with Gasteiger partial charge in [0.2, 0.25) is 10.0 Å². The van der Waals surface area contributed by atoms with E-state index in [1.54, 1.807) is 0 Å². The third-order valence-electron chi connectivity index (χ3n) is 4.61. The maximum absolute atomic E-state index is 13.6. The number of methoxy groups -OCH3 is 1. The third kappa shape index (κ3) is 6.95. The van der Waals surface area contributed by atoms with Crippen molar-refractivity contribution >= 4 is 21.9 Å². The zero-order chi connectivity index (χ0) is 24.1. The molecule has 0 bridgehead atoms. The van der Waals surface area contributed by atoms with Gasteiger partial charge in [0.15, 0.2) is 5.69 Å². The molecule has 3 N–H and O–H groups in total. The molecule has 1 amide bonds. The maximum Gasteiger partial charge on any atom is 0.311 e. The fraction of sp³-hybridized carbons (Fsp3) is 0.474. The van der Waals surface area contributed by atoms with E-state index >= 15 is 0 Å². The van der Waals surface area contributed by atoms with Crippen LogP contribution < -0.4 is 9.62 Å². The number of carbonyl (C=O) groups is 1. The van der Waals surface area contributed by atoms with E-state index in [0.29, 0.717) is 6.07 Å². The molecular formula is C19H25F2N3O7S. The van der Waals surface area contributed by atoms with Gasteiger partial charge in [-0.3, -0.25) is 4.79 Å². The Morgan fingerprint density at radius 2 is 1.91 bits per heavy atom. The average molecular weight is 477 g/mol. The molecule has 10 nitrogen and oxygen atoms in total. The van der Waals surface area contributed by atoms with Crippen molar-refractivity contribution < 1.29 is 41.4 Å². The molecule has 0 spiro atoms. The molecule has 32 heavy (non-hydrogen) atoms. The summed E-state index contributed by atoms with van der Waals surface area (Å²) in [6, 6.07) is 1.21. The van der Waals surface area contributed by atoms with Gasteiger partial charge < -0.3 is 24.7 Å². The van der Waals surface area contributed by atoms with Crippen LogP contribution in [0.2, 0.25) is 0 Å². The number of benzene rings is 1. The number of nitrogens with one attached hydrogen (secondary N) is 1. The number of sulfonamides is 1. The van der Waals surface area contributed by atoms with Crippen molar-refractivity contribution in [2.45, 2.75) is 31.1 Å². The molecule has 13 heteroatoms. The molecule has 2 rings (SSSR count). The van der Waals surface area contributed by atoms with Gasteiger partial charge in [-0.2, -0.15) is 4.98 Å². The Kier molecular flexibility index (Phi) is 8.66. The van der Waals surface area contributed by atoms with Crippen molar-refractivity contribution in [2.24, 2.45) is 0 Å². The van der Waals surface area contributed by atoms with Gasteiger partial charge in [0.25, 0.3) is 5.91 Å². The number of aromatic nitrogens is 1. The number of carbonyl (C=O) groups excluding carboxylic acids is 1. The number of halogens is 2. The lowest BCUT2D eigenvalue weighted by Gasteiger charge is -2.27. The van der Waals surface area contributed by atoms with Gasteiger partial charge in [-0.05, 0) is 30.5 Å². The van der Waals surface area contributed by atoms with Gasteiger partial charge in [-0.25, -0.2) is 21.5 Å². The van der Waals surface area contributed by atoms with E-state index in [4.69, 9.17) is 9.15 Å². The molecule has 0 aliphatic rings. The topological polar surface area (TPSA) is 142 Å².